The van der Waals surface area contributed by atoms with E-state index < -0.39 is 40.3 Å². The average Bonchev–Trinajstić information content (AvgIpc) is 2.85. The highest BCUT2D eigenvalue weighted by Gasteiger charge is 2.40. The Morgan fingerprint density at radius 3 is 2.32 bits per heavy atom. The van der Waals surface area contributed by atoms with E-state index >= 15 is 0 Å². The maximum absolute atomic E-state index is 13.3. The molecule has 0 aliphatic carbocycles. The first-order valence-corrected chi connectivity index (χ1v) is 11.4. The normalized spacial score (nSPS) is 17.5. The number of benzene rings is 2. The van der Waals surface area contributed by atoms with Gasteiger partial charge < -0.3 is 10.0 Å². The molecule has 1 unspecified atom stereocenters. The number of sulfonamides is 1. The van der Waals surface area contributed by atoms with E-state index in [-0.39, 0.29) is 30.8 Å². The molecule has 1 saturated heterocycles. The van der Waals surface area contributed by atoms with Gasteiger partial charge in [0.1, 0.15) is 6.54 Å². The van der Waals surface area contributed by atoms with Crippen LogP contribution in [0.2, 0.25) is 5.02 Å². The maximum Gasteiger partial charge on any atom is 0.305 e. The van der Waals surface area contributed by atoms with E-state index in [1.807, 2.05) is 6.07 Å². The van der Waals surface area contributed by atoms with Crippen molar-refractivity contribution < 1.29 is 27.9 Å². The van der Waals surface area contributed by atoms with E-state index in [4.69, 9.17) is 16.7 Å². The molecule has 1 atom stereocenters. The largest absolute Gasteiger partial charge is 0.481 e. The first-order chi connectivity index (χ1) is 14.7. The van der Waals surface area contributed by atoms with Gasteiger partial charge in [0.15, 0.2) is 0 Å². The lowest BCUT2D eigenvalue weighted by Crippen LogP contribution is -2.42. The minimum Gasteiger partial charge on any atom is -0.481 e. The van der Waals surface area contributed by atoms with Crippen molar-refractivity contribution >= 4 is 39.4 Å². The summed E-state index contributed by atoms with van der Waals surface area (Å²) in [6, 6.07) is 14.3. The van der Waals surface area contributed by atoms with E-state index in [0.29, 0.717) is 9.33 Å². The van der Waals surface area contributed by atoms with Gasteiger partial charge in [-0.15, -0.1) is 0 Å². The zero-order valence-corrected chi connectivity index (χ0v) is 18.1. The molecular formula is C21H21ClN2O6S. The Hall–Kier alpha value is -2.91. The molecule has 2 aromatic carbocycles. The van der Waals surface area contributed by atoms with Crippen LogP contribution in [-0.4, -0.2) is 60.1 Å². The second kappa shape index (κ2) is 9.49. The zero-order chi connectivity index (χ0) is 22.6. The highest BCUT2D eigenvalue weighted by molar-refractivity contribution is 7.89. The van der Waals surface area contributed by atoms with Crippen molar-refractivity contribution in [1.82, 2.24) is 9.21 Å². The van der Waals surface area contributed by atoms with E-state index in [0.717, 1.165) is 5.56 Å². The van der Waals surface area contributed by atoms with Crippen molar-refractivity contribution in [3.63, 3.8) is 0 Å². The van der Waals surface area contributed by atoms with Crippen molar-refractivity contribution in [3.8, 4) is 0 Å². The fourth-order valence-electron chi connectivity index (χ4n) is 3.38. The number of hydrogen-bond acceptors (Lipinski definition) is 5. The molecule has 0 saturated carbocycles. The SMILES string of the molecule is O=C(O)CCN1CC(Cc2ccccc2)C(=O)N(S(=O)(=O)c2ccc(Cl)cc2)CC1=O. The van der Waals surface area contributed by atoms with E-state index in [1.54, 1.807) is 24.3 Å². The number of carbonyl (C=O) groups is 3. The minimum absolute atomic E-state index is 0.0630. The molecule has 31 heavy (non-hydrogen) atoms. The summed E-state index contributed by atoms with van der Waals surface area (Å²) in [5.41, 5.74) is 0.803. The summed E-state index contributed by atoms with van der Waals surface area (Å²) in [5.74, 6) is -3.26. The lowest BCUT2D eigenvalue weighted by Gasteiger charge is -2.23. The van der Waals surface area contributed by atoms with Crippen LogP contribution in [-0.2, 0) is 30.8 Å². The molecule has 10 heteroatoms. The van der Waals surface area contributed by atoms with Gasteiger partial charge >= 0.3 is 5.97 Å². The van der Waals surface area contributed by atoms with Gasteiger partial charge in [0.2, 0.25) is 11.8 Å². The van der Waals surface area contributed by atoms with Gasteiger partial charge in [0.25, 0.3) is 10.0 Å². The summed E-state index contributed by atoms with van der Waals surface area (Å²) in [4.78, 5) is 38.1. The van der Waals surface area contributed by atoms with Crippen LogP contribution in [0.4, 0.5) is 0 Å². The van der Waals surface area contributed by atoms with Gasteiger partial charge in [-0.2, -0.15) is 0 Å². The highest BCUT2D eigenvalue weighted by Crippen LogP contribution is 2.25. The molecule has 1 N–H and O–H groups in total. The Kier molecular flexibility index (Phi) is 6.97. The number of carboxylic acids is 1. The number of aliphatic carboxylic acids is 1. The predicted molar refractivity (Wildman–Crippen MR) is 113 cm³/mol. The third-order valence-electron chi connectivity index (χ3n) is 4.99. The number of carboxylic acid groups (broad SMARTS) is 1. The summed E-state index contributed by atoms with van der Waals surface area (Å²) >= 11 is 5.83. The molecule has 1 fully saturated rings. The summed E-state index contributed by atoms with van der Waals surface area (Å²) in [7, 11) is -4.30. The Bertz CT molecular complexity index is 1070. The summed E-state index contributed by atoms with van der Waals surface area (Å²) in [6.07, 6.45) is -0.0922. The Balaban J connectivity index is 1.96. The number of carbonyl (C=O) groups excluding carboxylic acids is 2. The van der Waals surface area contributed by atoms with Crippen LogP contribution in [0.1, 0.15) is 12.0 Å². The molecule has 164 valence electrons. The van der Waals surface area contributed by atoms with Crippen molar-refractivity contribution in [2.75, 3.05) is 19.6 Å². The molecule has 2 aromatic rings. The van der Waals surface area contributed by atoms with Crippen LogP contribution < -0.4 is 0 Å². The van der Waals surface area contributed by atoms with Crippen LogP contribution in [0.25, 0.3) is 0 Å². The highest BCUT2D eigenvalue weighted by atomic mass is 35.5. The third kappa shape index (κ3) is 5.42. The first kappa shape index (κ1) is 22.8. The van der Waals surface area contributed by atoms with Crippen molar-refractivity contribution in [2.24, 2.45) is 5.92 Å². The number of nitrogens with zero attached hydrogens (tertiary/aromatic N) is 2. The van der Waals surface area contributed by atoms with Gasteiger partial charge in [0.05, 0.1) is 17.2 Å². The molecule has 1 aliphatic rings. The molecule has 0 radical (unpaired) electrons. The maximum atomic E-state index is 13.3. The fraction of sp³-hybridized carbons (Fsp3) is 0.286. The van der Waals surface area contributed by atoms with Crippen LogP contribution in [0, 0.1) is 5.92 Å². The Morgan fingerprint density at radius 2 is 1.71 bits per heavy atom. The van der Waals surface area contributed by atoms with Crippen molar-refractivity contribution in [2.45, 2.75) is 17.7 Å². The van der Waals surface area contributed by atoms with Gasteiger partial charge in [-0.25, -0.2) is 12.7 Å². The van der Waals surface area contributed by atoms with Crippen LogP contribution in [0.5, 0.6) is 0 Å². The predicted octanol–water partition coefficient (Wildman–Crippen LogP) is 2.03. The lowest BCUT2D eigenvalue weighted by atomic mass is 9.98. The van der Waals surface area contributed by atoms with Gasteiger partial charge in [-0.1, -0.05) is 41.9 Å². The van der Waals surface area contributed by atoms with Crippen molar-refractivity contribution in [3.05, 3.63) is 65.2 Å². The van der Waals surface area contributed by atoms with E-state index in [2.05, 4.69) is 0 Å². The molecule has 3 rings (SSSR count). The van der Waals surface area contributed by atoms with Crippen LogP contribution >= 0.6 is 11.6 Å². The van der Waals surface area contributed by atoms with Crippen molar-refractivity contribution in [1.29, 1.82) is 0 Å². The Morgan fingerprint density at radius 1 is 1.06 bits per heavy atom. The molecule has 1 heterocycles. The smallest absolute Gasteiger partial charge is 0.305 e. The molecular weight excluding hydrogens is 444 g/mol. The molecule has 0 aromatic heterocycles. The van der Waals surface area contributed by atoms with Gasteiger partial charge in [-0.3, -0.25) is 14.4 Å². The number of rotatable bonds is 7. The molecule has 0 spiro atoms. The third-order valence-corrected chi connectivity index (χ3v) is 7.00. The quantitative estimate of drug-likeness (QED) is 0.671. The number of halogens is 1. The van der Waals surface area contributed by atoms with Crippen LogP contribution in [0.3, 0.4) is 0 Å². The lowest BCUT2D eigenvalue weighted by molar-refractivity contribution is -0.138. The fourth-order valence-corrected chi connectivity index (χ4v) is 4.91. The first-order valence-electron chi connectivity index (χ1n) is 9.54. The summed E-state index contributed by atoms with van der Waals surface area (Å²) < 4.78 is 26.9. The number of hydrogen-bond donors (Lipinski definition) is 1. The molecule has 2 amide bonds. The van der Waals surface area contributed by atoms with Gasteiger partial charge in [0, 0.05) is 18.1 Å². The second-order valence-electron chi connectivity index (χ2n) is 7.17. The minimum atomic E-state index is -4.30. The second-order valence-corrected chi connectivity index (χ2v) is 9.47. The standard InChI is InChI=1S/C21H21ClN2O6S/c22-17-6-8-18(9-7-17)31(29,30)24-14-19(25)23(11-10-20(26)27)13-16(21(24)28)12-15-4-2-1-3-5-15/h1-9,16H,10-14H2,(H,26,27). The topological polar surface area (TPSA) is 112 Å². The van der Waals surface area contributed by atoms with E-state index in [9.17, 15) is 22.8 Å². The monoisotopic (exact) mass is 464 g/mol. The summed E-state index contributed by atoms with van der Waals surface area (Å²) in [5, 5.41) is 9.32. The summed E-state index contributed by atoms with van der Waals surface area (Å²) in [6.45, 7) is -0.858. The molecule has 1 aliphatic heterocycles. The van der Waals surface area contributed by atoms with Crippen LogP contribution in [0.15, 0.2) is 59.5 Å². The Labute approximate surface area is 185 Å². The average molecular weight is 465 g/mol. The molecule has 8 nitrogen and oxygen atoms in total. The van der Waals surface area contributed by atoms with E-state index in [1.165, 1.54) is 29.2 Å². The number of amides is 2. The van der Waals surface area contributed by atoms with Gasteiger partial charge in [-0.05, 0) is 36.2 Å². The zero-order valence-electron chi connectivity index (χ0n) is 16.5. The molecule has 0 bridgehead atoms.